The van der Waals surface area contributed by atoms with Crippen LogP contribution in [0.25, 0.3) is 5.70 Å². The van der Waals surface area contributed by atoms with Gasteiger partial charge in [-0.15, -0.1) is 11.7 Å². The second-order valence-corrected chi connectivity index (χ2v) is 7.10. The van der Waals surface area contributed by atoms with E-state index in [1.54, 1.807) is 17.2 Å². The van der Waals surface area contributed by atoms with Crippen LogP contribution in [0.1, 0.15) is 11.9 Å². The van der Waals surface area contributed by atoms with Crippen molar-refractivity contribution in [1.82, 2.24) is 10.3 Å². The lowest BCUT2D eigenvalue weighted by molar-refractivity contribution is -0.116. The SMILES string of the molecule is C=CCSC1=NN2C(=c3ccccc3=N[C@H]2c2ccc(Br)o2)C(=O)N1. The molecule has 1 atom stereocenters. The van der Waals surface area contributed by atoms with E-state index in [0.29, 0.717) is 27.0 Å². The molecule has 0 fully saturated rings. The fourth-order valence-corrected chi connectivity index (χ4v) is 3.59. The Morgan fingerprint density at radius 3 is 2.96 bits per heavy atom. The van der Waals surface area contributed by atoms with E-state index in [2.05, 4.69) is 32.9 Å². The van der Waals surface area contributed by atoms with Crippen LogP contribution in [-0.2, 0) is 4.79 Å². The second kappa shape index (κ2) is 6.53. The topological polar surface area (TPSA) is 70.2 Å². The van der Waals surface area contributed by atoms with Crippen LogP contribution in [0.15, 0.2) is 68.2 Å². The number of hydrogen-bond acceptors (Lipinski definition) is 6. The first kappa shape index (κ1) is 16.2. The molecule has 2 aliphatic rings. The minimum Gasteiger partial charge on any atom is -0.450 e. The van der Waals surface area contributed by atoms with E-state index in [9.17, 15) is 4.79 Å². The van der Waals surface area contributed by atoms with Gasteiger partial charge < -0.3 is 4.42 Å². The third-order valence-corrected chi connectivity index (χ3v) is 4.99. The summed E-state index contributed by atoms with van der Waals surface area (Å²) in [6.45, 7) is 3.69. The molecule has 1 N–H and O–H groups in total. The van der Waals surface area contributed by atoms with E-state index in [-0.39, 0.29) is 5.91 Å². The molecule has 25 heavy (non-hydrogen) atoms. The lowest BCUT2D eigenvalue weighted by Crippen LogP contribution is -2.50. The lowest BCUT2D eigenvalue weighted by atomic mass is 10.1. The molecule has 126 valence electrons. The summed E-state index contributed by atoms with van der Waals surface area (Å²) >= 11 is 4.72. The number of hydrogen-bond donors (Lipinski definition) is 1. The summed E-state index contributed by atoms with van der Waals surface area (Å²) in [6, 6.07) is 11.1. The van der Waals surface area contributed by atoms with Crippen molar-refractivity contribution >= 4 is 44.5 Å². The average molecular weight is 417 g/mol. The van der Waals surface area contributed by atoms with Gasteiger partial charge in [0.05, 0.1) is 5.36 Å². The summed E-state index contributed by atoms with van der Waals surface area (Å²) in [5, 5.41) is 11.0. The van der Waals surface area contributed by atoms with Crippen molar-refractivity contribution in [3.63, 3.8) is 0 Å². The molecule has 4 rings (SSSR count). The first-order valence-corrected chi connectivity index (χ1v) is 9.30. The minimum atomic E-state index is -0.540. The summed E-state index contributed by atoms with van der Waals surface area (Å²) in [4.78, 5) is 17.5. The Bertz CT molecular complexity index is 1010. The first-order chi connectivity index (χ1) is 12.2. The number of para-hydroxylation sites is 1. The molecule has 0 bridgehead atoms. The number of fused-ring (bicyclic) bond motifs is 2. The molecular weight excluding hydrogens is 404 g/mol. The number of benzene rings is 1. The first-order valence-electron chi connectivity index (χ1n) is 7.52. The fraction of sp³-hybridized carbons (Fsp3) is 0.118. The van der Waals surface area contributed by atoms with E-state index >= 15 is 0 Å². The van der Waals surface area contributed by atoms with Crippen molar-refractivity contribution in [3.05, 3.63) is 70.1 Å². The van der Waals surface area contributed by atoms with Crippen LogP contribution >= 0.6 is 27.7 Å². The van der Waals surface area contributed by atoms with Crippen LogP contribution < -0.4 is 15.9 Å². The molecule has 1 aromatic carbocycles. The normalized spacial score (nSPS) is 18.7. The van der Waals surface area contributed by atoms with Crippen molar-refractivity contribution in [2.75, 3.05) is 5.75 Å². The van der Waals surface area contributed by atoms with Crippen LogP contribution in [0.2, 0.25) is 0 Å². The van der Waals surface area contributed by atoms with E-state index < -0.39 is 6.17 Å². The number of hydrazone groups is 1. The molecule has 1 amide bonds. The Morgan fingerprint density at radius 1 is 1.36 bits per heavy atom. The van der Waals surface area contributed by atoms with Gasteiger partial charge >= 0.3 is 0 Å². The van der Waals surface area contributed by atoms with Gasteiger partial charge in [-0.2, -0.15) is 0 Å². The Balaban J connectivity index is 1.91. The molecule has 0 saturated heterocycles. The molecular formula is C17H13BrN4O2S. The summed E-state index contributed by atoms with van der Waals surface area (Å²) < 4.78 is 6.28. The Morgan fingerprint density at radius 2 is 2.20 bits per heavy atom. The summed E-state index contributed by atoms with van der Waals surface area (Å²) in [5.41, 5.74) is 0.464. The van der Waals surface area contributed by atoms with E-state index in [4.69, 9.17) is 9.41 Å². The molecule has 0 unspecified atom stereocenters. The van der Waals surface area contributed by atoms with Gasteiger partial charge in [-0.25, -0.2) is 10.0 Å². The van der Waals surface area contributed by atoms with Gasteiger partial charge in [0, 0.05) is 11.0 Å². The van der Waals surface area contributed by atoms with E-state index in [1.807, 2.05) is 30.3 Å². The van der Waals surface area contributed by atoms with Crippen LogP contribution in [0, 0.1) is 0 Å². The average Bonchev–Trinajstić information content (AvgIpc) is 3.05. The largest absolute Gasteiger partial charge is 0.450 e. The van der Waals surface area contributed by atoms with Crippen molar-refractivity contribution in [1.29, 1.82) is 0 Å². The van der Waals surface area contributed by atoms with Gasteiger partial charge in [-0.1, -0.05) is 36.0 Å². The van der Waals surface area contributed by atoms with Gasteiger partial charge in [0.1, 0.15) is 5.70 Å². The lowest BCUT2D eigenvalue weighted by Gasteiger charge is -2.32. The number of nitrogens with zero attached hydrogens (tertiary/aromatic N) is 3. The number of carbonyl (C=O) groups is 1. The standard InChI is InChI=1S/C17H13BrN4O2S/c1-2-9-25-17-20-16(23)14-10-5-3-4-6-11(10)19-15(22(14)21-17)12-7-8-13(18)24-12/h2-8,15H,1,9H2,(H,20,21,23)/t15-/m1/s1. The Labute approximate surface area is 156 Å². The quantitative estimate of drug-likeness (QED) is 0.777. The molecule has 0 saturated carbocycles. The van der Waals surface area contributed by atoms with Crippen molar-refractivity contribution in [2.45, 2.75) is 6.17 Å². The zero-order chi connectivity index (χ0) is 17.4. The van der Waals surface area contributed by atoms with Crippen LogP contribution in [0.5, 0.6) is 0 Å². The van der Waals surface area contributed by atoms with Gasteiger partial charge in [0.15, 0.2) is 15.6 Å². The molecule has 0 spiro atoms. The Kier molecular flexibility index (Phi) is 4.22. The van der Waals surface area contributed by atoms with Crippen molar-refractivity contribution in [2.24, 2.45) is 10.1 Å². The summed E-state index contributed by atoms with van der Waals surface area (Å²) in [6.07, 6.45) is 1.22. The van der Waals surface area contributed by atoms with Crippen LogP contribution in [0.4, 0.5) is 0 Å². The van der Waals surface area contributed by atoms with E-state index in [1.165, 1.54) is 11.8 Å². The second-order valence-electron chi connectivity index (χ2n) is 5.31. The van der Waals surface area contributed by atoms with Crippen LogP contribution in [-0.4, -0.2) is 21.8 Å². The minimum absolute atomic E-state index is 0.209. The van der Waals surface area contributed by atoms with Crippen LogP contribution in [0.3, 0.4) is 0 Å². The Hall–Kier alpha value is -2.32. The maximum Gasteiger partial charge on any atom is 0.276 e. The smallest absolute Gasteiger partial charge is 0.276 e. The van der Waals surface area contributed by atoms with Gasteiger partial charge in [-0.3, -0.25) is 10.1 Å². The molecule has 6 nitrogen and oxygen atoms in total. The predicted molar refractivity (Wildman–Crippen MR) is 99.9 cm³/mol. The molecule has 2 aliphatic heterocycles. The maximum absolute atomic E-state index is 12.8. The molecule has 2 aromatic rings. The fourth-order valence-electron chi connectivity index (χ4n) is 2.68. The molecule has 0 aliphatic carbocycles. The molecule has 1 aromatic heterocycles. The number of nitrogens with one attached hydrogen (secondary N) is 1. The molecule has 0 radical (unpaired) electrons. The number of rotatable bonds is 3. The highest BCUT2D eigenvalue weighted by Crippen LogP contribution is 2.32. The van der Waals surface area contributed by atoms with Gasteiger partial charge in [0.25, 0.3) is 5.91 Å². The number of thioether (sulfide) groups is 1. The maximum atomic E-state index is 12.8. The highest BCUT2D eigenvalue weighted by molar-refractivity contribution is 9.10. The van der Waals surface area contributed by atoms with E-state index in [0.717, 1.165) is 10.6 Å². The third kappa shape index (κ3) is 2.91. The van der Waals surface area contributed by atoms with Gasteiger partial charge in [0.2, 0.25) is 6.17 Å². The highest BCUT2D eigenvalue weighted by atomic mass is 79.9. The predicted octanol–water partition coefficient (Wildman–Crippen LogP) is 2.10. The number of carbonyl (C=O) groups excluding carboxylic acids is 1. The number of halogens is 1. The van der Waals surface area contributed by atoms with Crippen molar-refractivity contribution < 1.29 is 9.21 Å². The third-order valence-electron chi connectivity index (χ3n) is 3.70. The number of amides is 1. The molecule has 8 heteroatoms. The number of furan rings is 1. The van der Waals surface area contributed by atoms with Crippen molar-refractivity contribution in [3.8, 4) is 0 Å². The number of amidine groups is 1. The zero-order valence-corrected chi connectivity index (χ0v) is 15.4. The highest BCUT2D eigenvalue weighted by Gasteiger charge is 2.35. The summed E-state index contributed by atoms with van der Waals surface area (Å²) in [5.74, 6) is 1.04. The summed E-state index contributed by atoms with van der Waals surface area (Å²) in [7, 11) is 0. The zero-order valence-electron chi connectivity index (χ0n) is 13.0. The molecule has 3 heterocycles. The monoisotopic (exact) mass is 416 g/mol. The van der Waals surface area contributed by atoms with Gasteiger partial charge in [-0.05, 0) is 34.1 Å².